The first-order valence-corrected chi connectivity index (χ1v) is 8.93. The van der Waals surface area contributed by atoms with Crippen LogP contribution in [0, 0.1) is 13.8 Å². The second-order valence-corrected chi connectivity index (χ2v) is 6.77. The van der Waals surface area contributed by atoms with E-state index in [9.17, 15) is 9.59 Å². The van der Waals surface area contributed by atoms with Gasteiger partial charge in [-0.1, -0.05) is 18.2 Å². The van der Waals surface area contributed by atoms with E-state index in [0.29, 0.717) is 11.4 Å². The van der Waals surface area contributed by atoms with Crippen molar-refractivity contribution in [1.29, 1.82) is 0 Å². The van der Waals surface area contributed by atoms with Crippen LogP contribution in [0.15, 0.2) is 59.4 Å². The third-order valence-corrected chi connectivity index (χ3v) is 4.67. The second kappa shape index (κ2) is 7.72. The first-order chi connectivity index (χ1) is 13.3. The van der Waals surface area contributed by atoms with Crippen LogP contribution in [0.3, 0.4) is 0 Å². The maximum Gasteiger partial charge on any atom is 0.343 e. The number of rotatable bonds is 4. The van der Waals surface area contributed by atoms with Gasteiger partial charge >= 0.3 is 5.97 Å². The van der Waals surface area contributed by atoms with E-state index < -0.39 is 5.97 Å². The summed E-state index contributed by atoms with van der Waals surface area (Å²) >= 11 is 0. The van der Waals surface area contributed by atoms with E-state index in [1.807, 2.05) is 55.1 Å². The quantitative estimate of drug-likeness (QED) is 0.454. The molecular weight excluding hydrogens is 354 g/mol. The van der Waals surface area contributed by atoms with Crippen LogP contribution in [0.5, 0.6) is 5.75 Å². The highest BCUT2D eigenvalue weighted by Crippen LogP contribution is 2.36. The van der Waals surface area contributed by atoms with Gasteiger partial charge in [-0.05, 0) is 67.8 Å². The van der Waals surface area contributed by atoms with Crippen molar-refractivity contribution in [3.63, 3.8) is 0 Å². The average molecular weight is 377 g/mol. The topological polar surface area (TPSA) is 55.8 Å². The predicted molar refractivity (Wildman–Crippen MR) is 109 cm³/mol. The first kappa shape index (κ1) is 19.4. The molecule has 1 heterocycles. The SMILES string of the molecule is COC(=O)C1=C(C)N(c2cc(C)cc(C)c2)C(=Cc2ccc(OC)cc2)C1=O. The van der Waals surface area contributed by atoms with Gasteiger partial charge in [0.05, 0.1) is 19.9 Å². The van der Waals surface area contributed by atoms with Gasteiger partial charge in [0, 0.05) is 11.4 Å². The van der Waals surface area contributed by atoms with E-state index in [-0.39, 0.29) is 11.4 Å². The number of aryl methyl sites for hydroxylation is 2. The van der Waals surface area contributed by atoms with Crippen LogP contribution in [-0.2, 0) is 14.3 Å². The molecule has 28 heavy (non-hydrogen) atoms. The number of esters is 1. The fourth-order valence-electron chi connectivity index (χ4n) is 3.43. The van der Waals surface area contributed by atoms with Gasteiger partial charge in [-0.25, -0.2) is 4.79 Å². The summed E-state index contributed by atoms with van der Waals surface area (Å²) in [6.45, 7) is 5.76. The van der Waals surface area contributed by atoms with Gasteiger partial charge in [0.25, 0.3) is 0 Å². The Bertz CT molecular complexity index is 980. The number of ketones is 1. The van der Waals surface area contributed by atoms with E-state index >= 15 is 0 Å². The number of Topliss-reactive ketones (excluding diaryl/α,β-unsaturated/α-hetero) is 1. The van der Waals surface area contributed by atoms with Gasteiger partial charge in [0.15, 0.2) is 0 Å². The van der Waals surface area contributed by atoms with Gasteiger partial charge in [0.2, 0.25) is 5.78 Å². The third kappa shape index (κ3) is 3.56. The lowest BCUT2D eigenvalue weighted by molar-refractivity contribution is -0.137. The Balaban J connectivity index is 2.16. The zero-order valence-corrected chi connectivity index (χ0v) is 16.7. The first-order valence-electron chi connectivity index (χ1n) is 8.93. The standard InChI is InChI=1S/C23H23NO4/c1-14-10-15(2)12-18(11-14)24-16(3)21(23(26)28-5)22(25)20(24)13-17-6-8-19(27-4)9-7-17/h6-13H,1-5H3. The Morgan fingerprint density at radius 3 is 2.11 bits per heavy atom. The van der Waals surface area contributed by atoms with Crippen LogP contribution in [0.1, 0.15) is 23.6 Å². The van der Waals surface area contributed by atoms with Crippen molar-refractivity contribution in [3.05, 3.63) is 76.1 Å². The molecule has 0 N–H and O–H groups in total. The molecule has 0 amide bonds. The molecule has 0 unspecified atom stereocenters. The zero-order valence-electron chi connectivity index (χ0n) is 16.7. The number of methoxy groups -OCH3 is 2. The molecule has 0 spiro atoms. The highest BCUT2D eigenvalue weighted by atomic mass is 16.5. The molecule has 2 aromatic rings. The van der Waals surface area contributed by atoms with Gasteiger partial charge in [0.1, 0.15) is 11.3 Å². The number of allylic oxidation sites excluding steroid dienone is 2. The molecule has 0 aliphatic carbocycles. The smallest absolute Gasteiger partial charge is 0.343 e. The molecule has 0 aromatic heterocycles. The number of ether oxygens (including phenoxy) is 2. The summed E-state index contributed by atoms with van der Waals surface area (Å²) in [6, 6.07) is 13.4. The summed E-state index contributed by atoms with van der Waals surface area (Å²) in [6.07, 6.45) is 1.78. The minimum Gasteiger partial charge on any atom is -0.497 e. The van der Waals surface area contributed by atoms with Crippen molar-refractivity contribution in [2.75, 3.05) is 19.1 Å². The summed E-state index contributed by atoms with van der Waals surface area (Å²) < 4.78 is 10.0. The van der Waals surface area contributed by atoms with Crippen molar-refractivity contribution >= 4 is 23.5 Å². The predicted octanol–water partition coefficient (Wildman–Crippen LogP) is 4.19. The summed E-state index contributed by atoms with van der Waals surface area (Å²) in [4.78, 5) is 27.2. The van der Waals surface area contributed by atoms with E-state index in [1.165, 1.54) is 7.11 Å². The monoisotopic (exact) mass is 377 g/mol. The molecule has 0 fully saturated rings. The van der Waals surface area contributed by atoms with Gasteiger partial charge in [-0.2, -0.15) is 0 Å². The minimum absolute atomic E-state index is 0.0569. The van der Waals surface area contributed by atoms with Crippen LogP contribution in [0.2, 0.25) is 0 Å². The van der Waals surface area contributed by atoms with Gasteiger partial charge < -0.3 is 14.4 Å². The molecule has 144 valence electrons. The highest BCUT2D eigenvalue weighted by molar-refractivity contribution is 6.30. The number of benzene rings is 2. The fourth-order valence-corrected chi connectivity index (χ4v) is 3.43. The molecular formula is C23H23NO4. The maximum atomic E-state index is 13.1. The molecule has 0 saturated carbocycles. The number of carbonyl (C=O) groups excluding carboxylic acids is 2. The molecule has 1 aliphatic heterocycles. The van der Waals surface area contributed by atoms with E-state index in [2.05, 4.69) is 6.07 Å². The normalized spacial score (nSPS) is 15.4. The van der Waals surface area contributed by atoms with Crippen LogP contribution in [-0.4, -0.2) is 26.0 Å². The molecule has 0 radical (unpaired) electrons. The van der Waals surface area contributed by atoms with E-state index in [4.69, 9.17) is 9.47 Å². The third-order valence-electron chi connectivity index (χ3n) is 4.67. The molecule has 3 rings (SSSR count). The number of hydrogen-bond acceptors (Lipinski definition) is 5. The zero-order chi connectivity index (χ0) is 20.4. The summed E-state index contributed by atoms with van der Waals surface area (Å²) in [5.74, 6) is -0.245. The van der Waals surface area contributed by atoms with E-state index in [1.54, 1.807) is 20.1 Å². The average Bonchev–Trinajstić information content (AvgIpc) is 2.91. The number of hydrogen-bond donors (Lipinski definition) is 0. The molecule has 1 aliphatic rings. The van der Waals surface area contributed by atoms with Gasteiger partial charge in [-0.3, -0.25) is 4.79 Å². The van der Waals surface area contributed by atoms with Crippen LogP contribution >= 0.6 is 0 Å². The molecule has 0 atom stereocenters. The van der Waals surface area contributed by atoms with E-state index in [0.717, 1.165) is 28.1 Å². The summed E-state index contributed by atoms with van der Waals surface area (Å²) in [7, 11) is 2.88. The fraction of sp³-hybridized carbons (Fsp3) is 0.217. The second-order valence-electron chi connectivity index (χ2n) is 6.77. The van der Waals surface area contributed by atoms with Crippen molar-refractivity contribution in [1.82, 2.24) is 0 Å². The lowest BCUT2D eigenvalue weighted by atomic mass is 10.1. The van der Waals surface area contributed by atoms with Gasteiger partial charge in [-0.15, -0.1) is 0 Å². The van der Waals surface area contributed by atoms with Crippen molar-refractivity contribution in [2.24, 2.45) is 0 Å². The van der Waals surface area contributed by atoms with Crippen molar-refractivity contribution < 1.29 is 19.1 Å². The van der Waals surface area contributed by atoms with Crippen LogP contribution in [0.25, 0.3) is 6.08 Å². The van der Waals surface area contributed by atoms with Crippen molar-refractivity contribution in [3.8, 4) is 5.75 Å². The summed E-state index contributed by atoms with van der Waals surface area (Å²) in [5.41, 5.74) is 4.84. The molecule has 5 heteroatoms. The molecule has 5 nitrogen and oxygen atoms in total. The van der Waals surface area contributed by atoms with Crippen LogP contribution < -0.4 is 9.64 Å². The van der Waals surface area contributed by atoms with Crippen LogP contribution in [0.4, 0.5) is 5.69 Å². The maximum absolute atomic E-state index is 13.1. The van der Waals surface area contributed by atoms with Crippen molar-refractivity contribution in [2.45, 2.75) is 20.8 Å². The molecule has 2 aromatic carbocycles. The lowest BCUT2D eigenvalue weighted by Crippen LogP contribution is -2.18. The minimum atomic E-state index is -0.630. The Hall–Kier alpha value is -3.34. The molecule has 0 bridgehead atoms. The Labute approximate surface area is 164 Å². The Morgan fingerprint density at radius 2 is 1.57 bits per heavy atom. The lowest BCUT2D eigenvalue weighted by Gasteiger charge is -2.22. The number of nitrogens with zero attached hydrogens (tertiary/aromatic N) is 1. The molecule has 0 saturated heterocycles. The Morgan fingerprint density at radius 1 is 0.964 bits per heavy atom. The number of carbonyl (C=O) groups is 2. The number of anilines is 1. The largest absolute Gasteiger partial charge is 0.497 e. The summed E-state index contributed by atoms with van der Waals surface area (Å²) in [5, 5.41) is 0. The Kier molecular flexibility index (Phi) is 5.36. The highest BCUT2D eigenvalue weighted by Gasteiger charge is 2.38.